The average Bonchev–Trinajstić information content (AvgIpc) is 3.32. The molecule has 11 heteroatoms. The Kier molecular flexibility index (Phi) is 8.13. The number of carbonyl (C=O) groups excluding carboxylic acids is 2. The molecule has 0 unspecified atom stereocenters. The average molecular weight is 548 g/mol. The minimum Gasteiger partial charge on any atom is -0.493 e. The zero-order valence-electron chi connectivity index (χ0n) is 19.7. The number of amides is 1. The first-order valence-corrected chi connectivity index (χ1v) is 12.6. The standard InChI is InChI=1S/C25H23Cl2N3O5S/c1-4-34-24(32)21-14(2)28-25-30(10-11-36-25)23(21)15-8-9-18(19(12-15)33-3)35-13-20(31)29-17-7-5-6-16(26)22(17)27/h5-12,23H,4,13H2,1-3H3,(H,29,31)/t23-/m0/s1. The smallest absolute Gasteiger partial charge is 0.338 e. The van der Waals surface area contributed by atoms with E-state index in [1.54, 1.807) is 44.2 Å². The van der Waals surface area contributed by atoms with Gasteiger partial charge in [-0.15, -0.1) is 0 Å². The third-order valence-corrected chi connectivity index (χ3v) is 6.99. The van der Waals surface area contributed by atoms with Gasteiger partial charge in [-0.3, -0.25) is 4.79 Å². The van der Waals surface area contributed by atoms with E-state index in [9.17, 15) is 9.59 Å². The summed E-state index contributed by atoms with van der Waals surface area (Å²) in [5.41, 5.74) is 2.20. The SMILES string of the molecule is CCOC(=O)C1=C(C)N=C2SC=CN2[C@H]1c1ccc(OCC(=O)Nc2cccc(Cl)c2Cl)c(OC)c1. The van der Waals surface area contributed by atoms with Gasteiger partial charge in [0.25, 0.3) is 5.91 Å². The van der Waals surface area contributed by atoms with Crippen molar-refractivity contribution in [1.29, 1.82) is 0 Å². The maximum Gasteiger partial charge on any atom is 0.338 e. The van der Waals surface area contributed by atoms with Crippen LogP contribution >= 0.6 is 35.0 Å². The molecule has 2 aromatic carbocycles. The summed E-state index contributed by atoms with van der Waals surface area (Å²) in [5.74, 6) is -0.0746. The molecule has 1 amide bonds. The molecule has 0 aliphatic carbocycles. The Balaban J connectivity index is 1.56. The molecular weight excluding hydrogens is 525 g/mol. The number of amidine groups is 1. The monoisotopic (exact) mass is 547 g/mol. The van der Waals surface area contributed by atoms with Gasteiger partial charge < -0.3 is 24.4 Å². The van der Waals surface area contributed by atoms with Crippen LogP contribution < -0.4 is 14.8 Å². The van der Waals surface area contributed by atoms with Crippen LogP contribution in [0.1, 0.15) is 25.5 Å². The number of fused-ring (bicyclic) bond motifs is 1. The third-order valence-electron chi connectivity index (χ3n) is 5.40. The van der Waals surface area contributed by atoms with Crippen molar-refractivity contribution < 1.29 is 23.8 Å². The summed E-state index contributed by atoms with van der Waals surface area (Å²) in [6.45, 7) is 3.53. The number of nitrogens with one attached hydrogen (secondary N) is 1. The van der Waals surface area contributed by atoms with Gasteiger partial charge in [-0.05, 0) is 49.1 Å². The molecule has 2 aliphatic rings. The molecule has 0 saturated heterocycles. The van der Waals surface area contributed by atoms with Gasteiger partial charge in [0.1, 0.15) is 0 Å². The molecule has 0 aromatic heterocycles. The summed E-state index contributed by atoms with van der Waals surface area (Å²) in [5, 5.41) is 5.93. The second-order valence-corrected chi connectivity index (χ2v) is 9.33. The van der Waals surface area contributed by atoms with E-state index in [4.69, 9.17) is 37.4 Å². The highest BCUT2D eigenvalue weighted by Gasteiger charge is 2.37. The van der Waals surface area contributed by atoms with Crippen LogP contribution in [0.5, 0.6) is 11.5 Å². The van der Waals surface area contributed by atoms with Gasteiger partial charge in [-0.25, -0.2) is 9.79 Å². The number of aliphatic imine (C=N–C) groups is 1. The number of methoxy groups -OCH3 is 1. The minimum absolute atomic E-state index is 0.250. The van der Waals surface area contributed by atoms with Crippen molar-refractivity contribution in [2.75, 3.05) is 25.6 Å². The summed E-state index contributed by atoms with van der Waals surface area (Å²) in [6, 6.07) is 9.79. The van der Waals surface area contributed by atoms with Crippen LogP contribution in [0.25, 0.3) is 0 Å². The third kappa shape index (κ3) is 5.33. The minimum atomic E-state index is -0.459. The van der Waals surface area contributed by atoms with Crippen molar-refractivity contribution in [3.8, 4) is 11.5 Å². The predicted octanol–water partition coefficient (Wildman–Crippen LogP) is 5.79. The highest BCUT2D eigenvalue weighted by molar-refractivity contribution is 8.16. The number of allylic oxidation sites excluding steroid dienone is 1. The van der Waals surface area contributed by atoms with Crippen molar-refractivity contribution >= 4 is 57.7 Å². The lowest BCUT2D eigenvalue weighted by Crippen LogP contribution is -2.34. The molecule has 4 rings (SSSR count). The molecule has 0 radical (unpaired) electrons. The number of carbonyl (C=O) groups is 2. The van der Waals surface area contributed by atoms with E-state index in [-0.39, 0.29) is 18.2 Å². The molecule has 1 atom stereocenters. The number of hydrogen-bond donors (Lipinski definition) is 1. The molecule has 0 saturated carbocycles. The highest BCUT2D eigenvalue weighted by atomic mass is 35.5. The summed E-state index contributed by atoms with van der Waals surface area (Å²) >= 11 is 13.6. The number of benzene rings is 2. The Labute approximate surface area is 222 Å². The molecule has 2 heterocycles. The lowest BCUT2D eigenvalue weighted by molar-refractivity contribution is -0.139. The summed E-state index contributed by atoms with van der Waals surface area (Å²) in [4.78, 5) is 31.8. The largest absolute Gasteiger partial charge is 0.493 e. The molecule has 0 bridgehead atoms. The van der Waals surface area contributed by atoms with Gasteiger partial charge >= 0.3 is 5.97 Å². The van der Waals surface area contributed by atoms with Crippen molar-refractivity contribution in [3.63, 3.8) is 0 Å². The Morgan fingerprint density at radius 2 is 2.00 bits per heavy atom. The van der Waals surface area contributed by atoms with E-state index < -0.39 is 17.9 Å². The first-order chi connectivity index (χ1) is 17.3. The molecule has 2 aliphatic heterocycles. The fourth-order valence-electron chi connectivity index (χ4n) is 3.80. The molecule has 36 heavy (non-hydrogen) atoms. The lowest BCUT2D eigenvalue weighted by Gasteiger charge is -2.33. The Morgan fingerprint density at radius 1 is 1.19 bits per heavy atom. The Hall–Kier alpha value is -3.14. The number of halogens is 2. The Morgan fingerprint density at radius 3 is 2.75 bits per heavy atom. The highest BCUT2D eigenvalue weighted by Crippen LogP contribution is 2.43. The second kappa shape index (κ2) is 11.3. The lowest BCUT2D eigenvalue weighted by atomic mass is 9.94. The van der Waals surface area contributed by atoms with Crippen LogP contribution in [-0.4, -0.2) is 42.3 Å². The summed E-state index contributed by atoms with van der Waals surface area (Å²) < 4.78 is 16.6. The Bertz CT molecular complexity index is 1290. The first kappa shape index (κ1) is 25.9. The van der Waals surface area contributed by atoms with Crippen LogP contribution in [0.15, 0.2) is 64.3 Å². The van der Waals surface area contributed by atoms with Crippen LogP contribution in [0, 0.1) is 0 Å². The van der Waals surface area contributed by atoms with Crippen LogP contribution in [0.2, 0.25) is 10.0 Å². The van der Waals surface area contributed by atoms with E-state index in [0.29, 0.717) is 33.5 Å². The van der Waals surface area contributed by atoms with E-state index in [0.717, 1.165) is 10.7 Å². The van der Waals surface area contributed by atoms with Gasteiger partial charge in [0.2, 0.25) is 0 Å². The number of rotatable bonds is 8. The van der Waals surface area contributed by atoms with Crippen LogP contribution in [0.4, 0.5) is 5.69 Å². The van der Waals surface area contributed by atoms with Gasteiger partial charge in [-0.2, -0.15) is 0 Å². The van der Waals surface area contributed by atoms with Gasteiger partial charge in [0.05, 0.1) is 46.8 Å². The fourth-order valence-corrected chi connectivity index (χ4v) is 4.94. The van der Waals surface area contributed by atoms with Gasteiger partial charge in [-0.1, -0.05) is 47.1 Å². The first-order valence-electron chi connectivity index (χ1n) is 11.0. The number of anilines is 1. The summed E-state index contributed by atoms with van der Waals surface area (Å²) in [7, 11) is 1.50. The van der Waals surface area contributed by atoms with E-state index >= 15 is 0 Å². The maximum atomic E-state index is 12.8. The second-order valence-electron chi connectivity index (χ2n) is 7.68. The zero-order valence-corrected chi connectivity index (χ0v) is 22.0. The van der Waals surface area contributed by atoms with Crippen molar-refractivity contribution in [2.45, 2.75) is 19.9 Å². The number of esters is 1. The topological polar surface area (TPSA) is 89.5 Å². The van der Waals surface area contributed by atoms with Gasteiger partial charge in [0, 0.05) is 6.20 Å². The molecule has 0 spiro atoms. The molecular formula is C25H23Cl2N3O5S. The summed E-state index contributed by atoms with van der Waals surface area (Å²) in [6.07, 6.45) is 1.88. The molecule has 2 aromatic rings. The number of ether oxygens (including phenoxy) is 3. The van der Waals surface area contributed by atoms with Gasteiger partial charge in [0.15, 0.2) is 23.3 Å². The van der Waals surface area contributed by atoms with Crippen molar-refractivity contribution in [1.82, 2.24) is 4.90 Å². The normalized spacial score (nSPS) is 16.4. The van der Waals surface area contributed by atoms with Crippen LogP contribution in [-0.2, 0) is 14.3 Å². The quantitative estimate of drug-likeness (QED) is 0.418. The maximum absolute atomic E-state index is 12.8. The molecule has 188 valence electrons. The molecule has 8 nitrogen and oxygen atoms in total. The number of nitrogens with zero attached hydrogens (tertiary/aromatic N) is 2. The van der Waals surface area contributed by atoms with E-state index in [1.807, 2.05) is 22.6 Å². The van der Waals surface area contributed by atoms with E-state index in [2.05, 4.69) is 10.3 Å². The van der Waals surface area contributed by atoms with Crippen molar-refractivity contribution in [3.05, 3.63) is 74.9 Å². The fraction of sp³-hybridized carbons (Fsp3) is 0.240. The number of thioether (sulfide) groups is 1. The molecule has 0 fully saturated rings. The zero-order chi connectivity index (χ0) is 25.8. The molecule has 1 N–H and O–H groups in total. The number of hydrogen-bond acceptors (Lipinski definition) is 8. The van der Waals surface area contributed by atoms with Crippen molar-refractivity contribution in [2.24, 2.45) is 4.99 Å². The van der Waals surface area contributed by atoms with Crippen LogP contribution in [0.3, 0.4) is 0 Å². The predicted molar refractivity (Wildman–Crippen MR) is 142 cm³/mol. The van der Waals surface area contributed by atoms with E-state index in [1.165, 1.54) is 18.9 Å².